The van der Waals surface area contributed by atoms with Crippen LogP contribution in [0.2, 0.25) is 0 Å². The zero-order chi connectivity index (χ0) is 21.6. The van der Waals surface area contributed by atoms with Gasteiger partial charge in [0.15, 0.2) is 0 Å². The maximum absolute atomic E-state index is 13.2. The summed E-state index contributed by atoms with van der Waals surface area (Å²) in [4.78, 5) is 14.4. The van der Waals surface area contributed by atoms with E-state index in [4.69, 9.17) is 0 Å². The number of alkyl halides is 6. The lowest BCUT2D eigenvalue weighted by Crippen LogP contribution is -2.54. The molecule has 0 aromatic heterocycles. The molecule has 3 nitrogen and oxygen atoms in total. The molecule has 1 N–H and O–H groups in total. The summed E-state index contributed by atoms with van der Waals surface area (Å²) in [6.45, 7) is 2.13. The highest BCUT2D eigenvalue weighted by Gasteiger charge is 2.71. The first-order chi connectivity index (χ1) is 13.4. The van der Waals surface area contributed by atoms with Gasteiger partial charge in [-0.3, -0.25) is 4.79 Å². The van der Waals surface area contributed by atoms with Crippen LogP contribution in [0.1, 0.15) is 25.3 Å². The van der Waals surface area contributed by atoms with E-state index in [9.17, 15) is 36.2 Å². The number of fused-ring (bicyclic) bond motifs is 1. The van der Waals surface area contributed by atoms with Crippen LogP contribution in [0.15, 0.2) is 34.6 Å². The number of allylic oxidation sites excluding steroid dienone is 1. The lowest BCUT2D eigenvalue weighted by atomic mass is 9.92. The number of hydrogen-bond acceptors (Lipinski definition) is 4. The number of carbonyl (C=O) groups excluding carboxylic acids is 1. The van der Waals surface area contributed by atoms with Crippen LogP contribution in [0.3, 0.4) is 0 Å². The topological polar surface area (TPSA) is 40.5 Å². The summed E-state index contributed by atoms with van der Waals surface area (Å²) in [5, 5.41) is 10.9. The van der Waals surface area contributed by atoms with Crippen LogP contribution < -0.4 is 4.90 Å². The summed E-state index contributed by atoms with van der Waals surface area (Å²) < 4.78 is 79.3. The quantitative estimate of drug-likeness (QED) is 0.631. The van der Waals surface area contributed by atoms with E-state index in [1.165, 1.54) is 16.7 Å². The molecule has 1 aromatic carbocycles. The summed E-state index contributed by atoms with van der Waals surface area (Å²) in [6, 6.07) is 2.34. The van der Waals surface area contributed by atoms with Gasteiger partial charge < -0.3 is 10.0 Å². The summed E-state index contributed by atoms with van der Waals surface area (Å²) in [5.41, 5.74) is -6.05. The van der Waals surface area contributed by atoms with Gasteiger partial charge in [0.1, 0.15) is 0 Å². The molecule has 2 aliphatic heterocycles. The molecule has 29 heavy (non-hydrogen) atoms. The van der Waals surface area contributed by atoms with Crippen LogP contribution in [0.5, 0.6) is 0 Å². The Bertz CT molecular complexity index is 802. The highest BCUT2D eigenvalue weighted by Crippen LogP contribution is 2.52. The molecule has 0 saturated carbocycles. The Morgan fingerprint density at radius 1 is 1.21 bits per heavy atom. The zero-order valence-corrected chi connectivity index (χ0v) is 16.7. The second kappa shape index (κ2) is 7.73. The minimum Gasteiger partial charge on any atom is -0.369 e. The predicted octanol–water partition coefficient (Wildman–Crippen LogP) is 5.24. The Morgan fingerprint density at radius 3 is 2.38 bits per heavy atom. The zero-order valence-electron chi connectivity index (χ0n) is 15.0. The standard InChI is InChI=1S/C18H17F6NO2S2/c1-2-11-9-25(15(26)13-4-3-7-28-13)12-6-5-10(8-14(12)29-11)16(27,17(19,20)21)18(22,23)24/h3,5-8,11,13,27H,2,4,9H2,1H3/t11-,13?/m0/s1. The van der Waals surface area contributed by atoms with Crippen molar-refractivity contribution >= 4 is 35.1 Å². The van der Waals surface area contributed by atoms with E-state index in [1.54, 1.807) is 5.41 Å². The molecule has 1 unspecified atom stereocenters. The summed E-state index contributed by atoms with van der Waals surface area (Å²) >= 11 is 2.44. The fourth-order valence-corrected chi connectivity index (χ4v) is 5.32. The molecule has 0 bridgehead atoms. The van der Waals surface area contributed by atoms with E-state index in [-0.39, 0.29) is 27.0 Å². The number of aliphatic hydroxyl groups is 1. The van der Waals surface area contributed by atoms with E-state index >= 15 is 0 Å². The van der Waals surface area contributed by atoms with Crippen molar-refractivity contribution in [3.05, 3.63) is 35.2 Å². The minimum atomic E-state index is -5.95. The lowest BCUT2D eigenvalue weighted by Gasteiger charge is -2.37. The van der Waals surface area contributed by atoms with Crippen molar-refractivity contribution in [2.45, 2.75) is 53.1 Å². The molecule has 160 valence electrons. The maximum atomic E-state index is 13.2. The van der Waals surface area contributed by atoms with Crippen molar-refractivity contribution in [3.63, 3.8) is 0 Å². The van der Waals surface area contributed by atoms with E-state index in [0.717, 1.165) is 17.8 Å². The predicted molar refractivity (Wildman–Crippen MR) is 99.9 cm³/mol. The number of hydrogen-bond donors (Lipinski definition) is 1. The summed E-state index contributed by atoms with van der Waals surface area (Å²) in [7, 11) is 0. The van der Waals surface area contributed by atoms with E-state index in [1.807, 2.05) is 13.0 Å². The van der Waals surface area contributed by atoms with E-state index in [2.05, 4.69) is 0 Å². The number of benzene rings is 1. The van der Waals surface area contributed by atoms with Gasteiger partial charge in [-0.2, -0.15) is 26.3 Å². The van der Waals surface area contributed by atoms with Crippen LogP contribution in [0.4, 0.5) is 32.0 Å². The second-order valence-electron chi connectivity index (χ2n) is 6.72. The van der Waals surface area contributed by atoms with E-state index in [0.29, 0.717) is 31.5 Å². The minimum absolute atomic E-state index is 0.108. The van der Waals surface area contributed by atoms with Crippen LogP contribution >= 0.6 is 23.5 Å². The smallest absolute Gasteiger partial charge is 0.369 e. The Balaban J connectivity index is 2.06. The lowest BCUT2D eigenvalue weighted by molar-refractivity contribution is -0.376. The molecule has 0 fully saturated rings. The van der Waals surface area contributed by atoms with Gasteiger partial charge in [-0.05, 0) is 30.4 Å². The van der Waals surface area contributed by atoms with Crippen LogP contribution in [0.25, 0.3) is 0 Å². The van der Waals surface area contributed by atoms with Gasteiger partial charge >= 0.3 is 12.4 Å². The first-order valence-electron chi connectivity index (χ1n) is 8.69. The van der Waals surface area contributed by atoms with Crippen LogP contribution in [-0.4, -0.2) is 40.4 Å². The average Bonchev–Trinajstić information content (AvgIpc) is 3.18. The van der Waals surface area contributed by atoms with Crippen molar-refractivity contribution in [1.82, 2.24) is 0 Å². The molecule has 2 atom stereocenters. The van der Waals surface area contributed by atoms with Crippen molar-refractivity contribution in [2.24, 2.45) is 0 Å². The Labute approximate surface area is 171 Å². The number of rotatable bonds is 3. The van der Waals surface area contributed by atoms with Gasteiger partial charge in [0.25, 0.3) is 5.60 Å². The van der Waals surface area contributed by atoms with Crippen LogP contribution in [-0.2, 0) is 10.4 Å². The highest BCUT2D eigenvalue weighted by molar-refractivity contribution is 8.03. The largest absolute Gasteiger partial charge is 0.430 e. The van der Waals surface area contributed by atoms with Gasteiger partial charge in [-0.25, -0.2) is 0 Å². The fraction of sp³-hybridized carbons (Fsp3) is 0.500. The summed E-state index contributed by atoms with van der Waals surface area (Å²) in [5.74, 6) is -0.241. The van der Waals surface area contributed by atoms with Crippen molar-refractivity contribution < 1.29 is 36.2 Å². The van der Waals surface area contributed by atoms with Gasteiger partial charge in [0, 0.05) is 22.3 Å². The number of nitrogens with zero attached hydrogens (tertiary/aromatic N) is 1. The third-order valence-corrected chi connectivity index (χ3v) is 7.32. The third-order valence-electron chi connectivity index (χ3n) is 4.85. The molecule has 0 spiro atoms. The molecule has 11 heteroatoms. The maximum Gasteiger partial charge on any atom is 0.430 e. The molecule has 0 aliphatic carbocycles. The second-order valence-corrected chi connectivity index (χ2v) is 9.17. The SMILES string of the molecule is CC[C@H]1CN(C(=O)C2CC=CS2)c2ccc(C(O)(C(F)(F)F)C(F)(F)F)cc2S1. The number of thioether (sulfide) groups is 2. The van der Waals surface area contributed by atoms with Gasteiger partial charge in [0.05, 0.1) is 10.9 Å². The van der Waals surface area contributed by atoms with Crippen molar-refractivity contribution in [3.8, 4) is 0 Å². The Kier molecular flexibility index (Phi) is 5.96. The molecule has 2 heterocycles. The molecule has 1 amide bonds. The van der Waals surface area contributed by atoms with Crippen molar-refractivity contribution in [1.29, 1.82) is 0 Å². The molecule has 2 aliphatic rings. The first-order valence-corrected chi connectivity index (χ1v) is 10.5. The molecular formula is C18H17F6NO2S2. The van der Waals surface area contributed by atoms with Crippen molar-refractivity contribution in [2.75, 3.05) is 11.4 Å². The summed E-state index contributed by atoms with van der Waals surface area (Å²) in [6.07, 6.45) is -8.99. The number of carbonyl (C=O) groups is 1. The number of anilines is 1. The Morgan fingerprint density at radius 2 is 1.86 bits per heavy atom. The van der Waals surface area contributed by atoms with Gasteiger partial charge in [0.2, 0.25) is 5.91 Å². The molecule has 0 saturated heterocycles. The third kappa shape index (κ3) is 3.88. The molecule has 1 aromatic rings. The first kappa shape index (κ1) is 22.4. The van der Waals surface area contributed by atoms with Gasteiger partial charge in [-0.15, -0.1) is 23.5 Å². The molecule has 0 radical (unpaired) electrons. The highest BCUT2D eigenvalue weighted by atomic mass is 32.2. The monoisotopic (exact) mass is 457 g/mol. The normalized spacial score (nSPS) is 22.7. The number of halogens is 6. The molecular weight excluding hydrogens is 440 g/mol. The average molecular weight is 457 g/mol. The van der Waals surface area contributed by atoms with E-state index < -0.39 is 23.5 Å². The fourth-order valence-electron chi connectivity index (χ4n) is 3.20. The number of amides is 1. The Hall–Kier alpha value is -1.33. The molecule has 3 rings (SSSR count). The van der Waals surface area contributed by atoms with Gasteiger partial charge in [-0.1, -0.05) is 19.1 Å². The van der Waals surface area contributed by atoms with Crippen LogP contribution in [0, 0.1) is 0 Å².